The van der Waals surface area contributed by atoms with Crippen molar-refractivity contribution in [1.82, 2.24) is 9.88 Å². The Morgan fingerprint density at radius 3 is 2.71 bits per heavy atom. The van der Waals surface area contributed by atoms with Crippen molar-refractivity contribution in [3.05, 3.63) is 40.3 Å². The van der Waals surface area contributed by atoms with Crippen LogP contribution in [0.1, 0.15) is 57.2 Å². The maximum atomic E-state index is 12.9. The Kier molecular flexibility index (Phi) is 5.40. The van der Waals surface area contributed by atoms with Gasteiger partial charge in [0.05, 0.1) is 0 Å². The maximum absolute atomic E-state index is 12.9. The van der Waals surface area contributed by atoms with E-state index in [4.69, 9.17) is 0 Å². The minimum atomic E-state index is 0.197. The number of hydrogen-bond acceptors (Lipinski definition) is 2. The first kappa shape index (κ1) is 16.0. The molecule has 3 heteroatoms. The molecule has 1 aromatic heterocycles. The molecule has 1 atom stereocenters. The Balaban J connectivity index is 2.42. The fourth-order valence-corrected chi connectivity index (χ4v) is 3.06. The van der Waals surface area contributed by atoms with Crippen molar-refractivity contribution in [2.75, 3.05) is 13.1 Å². The van der Waals surface area contributed by atoms with Crippen LogP contribution in [0.3, 0.4) is 0 Å². The van der Waals surface area contributed by atoms with E-state index in [1.54, 1.807) is 0 Å². The lowest BCUT2D eigenvalue weighted by atomic mass is 9.93. The van der Waals surface area contributed by atoms with Gasteiger partial charge in [-0.25, -0.2) is 0 Å². The van der Waals surface area contributed by atoms with Crippen molar-refractivity contribution in [3.8, 4) is 0 Å². The summed E-state index contributed by atoms with van der Waals surface area (Å²) < 4.78 is 1.96. The summed E-state index contributed by atoms with van der Waals surface area (Å²) in [7, 11) is 0. The van der Waals surface area contributed by atoms with E-state index in [1.165, 1.54) is 0 Å². The first-order valence-corrected chi connectivity index (χ1v) is 8.15. The van der Waals surface area contributed by atoms with Crippen LogP contribution in [0, 0.1) is 5.92 Å². The largest absolute Gasteiger partial charge is 0.317 e. The molecule has 1 aliphatic rings. The van der Waals surface area contributed by atoms with Gasteiger partial charge in [-0.15, -0.1) is 0 Å². The molecule has 0 bridgehead atoms. The van der Waals surface area contributed by atoms with Gasteiger partial charge in [-0.05, 0) is 56.8 Å². The van der Waals surface area contributed by atoms with E-state index in [0.717, 1.165) is 55.5 Å². The van der Waals surface area contributed by atoms with Crippen LogP contribution in [0.15, 0.2) is 23.6 Å². The fourth-order valence-electron chi connectivity index (χ4n) is 3.06. The molecule has 0 saturated carbocycles. The summed E-state index contributed by atoms with van der Waals surface area (Å²) >= 11 is 0. The Morgan fingerprint density at radius 2 is 2.14 bits per heavy atom. The summed E-state index contributed by atoms with van der Waals surface area (Å²) in [6, 6.07) is 2.43. The number of nitrogens with zero attached hydrogens (tertiary/aromatic N) is 1. The van der Waals surface area contributed by atoms with Crippen LogP contribution in [-0.4, -0.2) is 17.7 Å². The van der Waals surface area contributed by atoms with Gasteiger partial charge in [0, 0.05) is 17.8 Å². The van der Waals surface area contributed by atoms with E-state index in [1.807, 2.05) is 17.7 Å². The summed E-state index contributed by atoms with van der Waals surface area (Å²) in [5.41, 5.74) is 3.19. The Morgan fingerprint density at radius 1 is 1.48 bits per heavy atom. The van der Waals surface area contributed by atoms with Gasteiger partial charge in [0.1, 0.15) is 0 Å². The lowest BCUT2D eigenvalue weighted by Crippen LogP contribution is -2.35. The predicted octanol–water partition coefficient (Wildman–Crippen LogP) is 3.39. The zero-order chi connectivity index (χ0) is 15.4. The highest BCUT2D eigenvalue weighted by molar-refractivity contribution is 5.64. The number of rotatable bonds is 5. The minimum Gasteiger partial charge on any atom is -0.317 e. The molecule has 0 spiro atoms. The molecule has 0 amide bonds. The van der Waals surface area contributed by atoms with Gasteiger partial charge in [0.15, 0.2) is 0 Å². The van der Waals surface area contributed by atoms with E-state index in [0.29, 0.717) is 12.0 Å². The zero-order valence-electron chi connectivity index (χ0n) is 13.6. The molecule has 0 radical (unpaired) electrons. The molecule has 2 rings (SSSR count). The van der Waals surface area contributed by atoms with E-state index in [2.05, 4.69) is 31.8 Å². The second-order valence-corrected chi connectivity index (χ2v) is 6.40. The van der Waals surface area contributed by atoms with Gasteiger partial charge >= 0.3 is 0 Å². The molecule has 2 heterocycles. The Bertz CT molecular complexity index is 553. The van der Waals surface area contributed by atoms with Crippen molar-refractivity contribution in [2.45, 2.75) is 52.5 Å². The molecule has 1 N–H and O–H groups in total. The van der Waals surface area contributed by atoms with Crippen molar-refractivity contribution in [1.29, 1.82) is 0 Å². The van der Waals surface area contributed by atoms with Crippen LogP contribution < -0.4 is 10.9 Å². The van der Waals surface area contributed by atoms with Gasteiger partial charge in [0.25, 0.3) is 5.56 Å². The molecule has 1 saturated heterocycles. The maximum Gasteiger partial charge on any atom is 0.254 e. The summed E-state index contributed by atoms with van der Waals surface area (Å²) in [4.78, 5) is 12.9. The van der Waals surface area contributed by atoms with Gasteiger partial charge in [-0.1, -0.05) is 32.4 Å². The Labute approximate surface area is 128 Å². The Hall–Kier alpha value is -1.35. The highest BCUT2D eigenvalue weighted by Crippen LogP contribution is 2.22. The highest BCUT2D eigenvalue weighted by Gasteiger charge is 2.19. The number of aromatic nitrogens is 1. The van der Waals surface area contributed by atoms with Crippen LogP contribution in [0.5, 0.6) is 0 Å². The summed E-state index contributed by atoms with van der Waals surface area (Å²) in [5, 5.41) is 3.36. The number of pyridine rings is 1. The molecule has 1 fully saturated rings. The topological polar surface area (TPSA) is 34.0 Å². The average molecular weight is 288 g/mol. The third-order valence-corrected chi connectivity index (χ3v) is 4.63. The minimum absolute atomic E-state index is 0.197. The first-order valence-electron chi connectivity index (χ1n) is 8.15. The summed E-state index contributed by atoms with van der Waals surface area (Å²) in [5.74, 6) is 0.527. The van der Waals surface area contributed by atoms with Gasteiger partial charge in [-0.2, -0.15) is 0 Å². The van der Waals surface area contributed by atoms with Crippen LogP contribution in [0.4, 0.5) is 0 Å². The molecular weight excluding hydrogens is 260 g/mol. The van der Waals surface area contributed by atoms with E-state index in [9.17, 15) is 4.79 Å². The standard InChI is InChI=1S/C18H28N2O/c1-5-14(4)12-17-16(13(2)3)8-11-20(18(17)21)15-6-9-19-10-7-15/h8,11,14-15,19H,2,5-7,9-10,12H2,1,3-4H3. The highest BCUT2D eigenvalue weighted by atomic mass is 16.1. The van der Waals surface area contributed by atoms with E-state index >= 15 is 0 Å². The average Bonchev–Trinajstić information content (AvgIpc) is 2.49. The van der Waals surface area contributed by atoms with E-state index < -0.39 is 0 Å². The van der Waals surface area contributed by atoms with Crippen molar-refractivity contribution >= 4 is 5.57 Å². The lowest BCUT2D eigenvalue weighted by Gasteiger charge is -2.26. The van der Waals surface area contributed by atoms with Gasteiger partial charge < -0.3 is 9.88 Å². The molecular formula is C18H28N2O. The second-order valence-electron chi connectivity index (χ2n) is 6.40. The van der Waals surface area contributed by atoms with Gasteiger partial charge in [0.2, 0.25) is 0 Å². The van der Waals surface area contributed by atoms with E-state index in [-0.39, 0.29) is 5.56 Å². The molecule has 116 valence electrons. The molecule has 0 aromatic carbocycles. The molecule has 1 unspecified atom stereocenters. The summed E-state index contributed by atoms with van der Waals surface area (Å²) in [6.45, 7) is 12.4. The van der Waals surface area contributed by atoms with Crippen molar-refractivity contribution in [3.63, 3.8) is 0 Å². The lowest BCUT2D eigenvalue weighted by molar-refractivity contribution is 0.359. The number of piperidine rings is 1. The third kappa shape index (κ3) is 3.65. The fraction of sp³-hybridized carbons (Fsp3) is 0.611. The molecule has 0 aliphatic carbocycles. The number of nitrogens with one attached hydrogen (secondary N) is 1. The van der Waals surface area contributed by atoms with Crippen molar-refractivity contribution < 1.29 is 0 Å². The quantitative estimate of drug-likeness (QED) is 0.901. The molecule has 3 nitrogen and oxygen atoms in total. The van der Waals surface area contributed by atoms with Gasteiger partial charge in [-0.3, -0.25) is 4.79 Å². The monoisotopic (exact) mass is 288 g/mol. The van der Waals surface area contributed by atoms with Crippen LogP contribution in [0.25, 0.3) is 5.57 Å². The smallest absolute Gasteiger partial charge is 0.254 e. The summed E-state index contributed by atoms with van der Waals surface area (Å²) in [6.07, 6.45) is 5.99. The van der Waals surface area contributed by atoms with Crippen LogP contribution in [-0.2, 0) is 6.42 Å². The van der Waals surface area contributed by atoms with Crippen LogP contribution in [0.2, 0.25) is 0 Å². The first-order chi connectivity index (χ1) is 10.0. The molecule has 1 aliphatic heterocycles. The molecule has 21 heavy (non-hydrogen) atoms. The SMILES string of the molecule is C=C(C)c1ccn(C2CCNCC2)c(=O)c1CC(C)CC. The number of hydrogen-bond donors (Lipinski definition) is 1. The zero-order valence-corrected chi connectivity index (χ0v) is 13.6. The van der Waals surface area contributed by atoms with Crippen molar-refractivity contribution in [2.24, 2.45) is 5.92 Å². The second kappa shape index (κ2) is 7.08. The predicted molar refractivity (Wildman–Crippen MR) is 89.7 cm³/mol. The third-order valence-electron chi connectivity index (χ3n) is 4.63. The van der Waals surface area contributed by atoms with Crippen LogP contribution >= 0.6 is 0 Å². The number of allylic oxidation sites excluding steroid dienone is 1. The molecule has 1 aromatic rings. The normalized spacial score (nSPS) is 17.7.